The van der Waals surface area contributed by atoms with E-state index in [1.54, 1.807) is 12.4 Å². The minimum Gasteiger partial charge on any atom is -0.338 e. The van der Waals surface area contributed by atoms with Gasteiger partial charge in [0, 0.05) is 51.7 Å². The molecule has 2 N–H and O–H groups in total. The van der Waals surface area contributed by atoms with Crippen molar-refractivity contribution < 1.29 is 0 Å². The Morgan fingerprint density at radius 3 is 2.40 bits per heavy atom. The van der Waals surface area contributed by atoms with Crippen LogP contribution in [0.4, 0.5) is 5.95 Å². The highest BCUT2D eigenvalue weighted by molar-refractivity contribution is 5.29. The van der Waals surface area contributed by atoms with E-state index in [0.29, 0.717) is 0 Å². The summed E-state index contributed by atoms with van der Waals surface area (Å²) in [5.41, 5.74) is 5.53. The predicted molar refractivity (Wildman–Crippen MR) is 59.7 cm³/mol. The normalized spacial score (nSPS) is 18.1. The van der Waals surface area contributed by atoms with Crippen molar-refractivity contribution in [3.05, 3.63) is 18.5 Å². The van der Waals surface area contributed by atoms with Crippen LogP contribution in [-0.2, 0) is 0 Å². The summed E-state index contributed by atoms with van der Waals surface area (Å²) in [5.74, 6) is 0.838. The molecule has 0 aromatic carbocycles. The van der Waals surface area contributed by atoms with Crippen LogP contribution in [-0.4, -0.2) is 54.1 Å². The molecule has 0 amide bonds. The first-order valence-electron chi connectivity index (χ1n) is 5.34. The molecular formula is C10H17N5. The predicted octanol–water partition coefficient (Wildman–Crippen LogP) is -0.443. The molecule has 0 unspecified atom stereocenters. The van der Waals surface area contributed by atoms with Gasteiger partial charge in [0.25, 0.3) is 0 Å². The molecule has 15 heavy (non-hydrogen) atoms. The summed E-state index contributed by atoms with van der Waals surface area (Å²) in [4.78, 5) is 13.1. The second-order valence-corrected chi connectivity index (χ2v) is 3.67. The van der Waals surface area contributed by atoms with Crippen LogP contribution in [0.3, 0.4) is 0 Å². The number of aromatic nitrogens is 2. The van der Waals surface area contributed by atoms with Crippen molar-refractivity contribution in [3.8, 4) is 0 Å². The number of rotatable bonds is 3. The Morgan fingerprint density at radius 2 is 1.80 bits per heavy atom. The van der Waals surface area contributed by atoms with E-state index in [9.17, 15) is 0 Å². The van der Waals surface area contributed by atoms with E-state index < -0.39 is 0 Å². The Bertz CT molecular complexity index is 281. The maximum atomic E-state index is 5.53. The number of hydrogen-bond donors (Lipinski definition) is 1. The van der Waals surface area contributed by atoms with Gasteiger partial charge in [-0.15, -0.1) is 0 Å². The van der Waals surface area contributed by atoms with Crippen LogP contribution in [0.25, 0.3) is 0 Å². The molecule has 1 aromatic heterocycles. The van der Waals surface area contributed by atoms with Crippen LogP contribution in [0.2, 0.25) is 0 Å². The van der Waals surface area contributed by atoms with E-state index in [4.69, 9.17) is 5.73 Å². The fourth-order valence-corrected chi connectivity index (χ4v) is 1.81. The van der Waals surface area contributed by atoms with Gasteiger partial charge in [-0.1, -0.05) is 0 Å². The summed E-state index contributed by atoms with van der Waals surface area (Å²) < 4.78 is 0. The number of nitrogens with zero attached hydrogens (tertiary/aromatic N) is 4. The van der Waals surface area contributed by atoms with Crippen LogP contribution in [0.1, 0.15) is 0 Å². The Morgan fingerprint density at radius 1 is 1.13 bits per heavy atom. The highest BCUT2D eigenvalue weighted by Crippen LogP contribution is 2.08. The lowest BCUT2D eigenvalue weighted by Gasteiger charge is -2.34. The van der Waals surface area contributed by atoms with Crippen molar-refractivity contribution in [3.63, 3.8) is 0 Å². The highest BCUT2D eigenvalue weighted by Gasteiger charge is 2.17. The molecule has 2 heterocycles. The van der Waals surface area contributed by atoms with E-state index in [2.05, 4.69) is 19.8 Å². The van der Waals surface area contributed by atoms with Gasteiger partial charge < -0.3 is 10.6 Å². The topological polar surface area (TPSA) is 58.3 Å². The Balaban J connectivity index is 1.88. The van der Waals surface area contributed by atoms with Gasteiger partial charge >= 0.3 is 0 Å². The van der Waals surface area contributed by atoms with Crippen molar-refractivity contribution in [2.75, 3.05) is 44.2 Å². The first-order valence-corrected chi connectivity index (χ1v) is 5.34. The van der Waals surface area contributed by atoms with Crippen molar-refractivity contribution in [2.45, 2.75) is 0 Å². The van der Waals surface area contributed by atoms with E-state index >= 15 is 0 Å². The third-order valence-electron chi connectivity index (χ3n) is 2.65. The number of hydrogen-bond acceptors (Lipinski definition) is 5. The summed E-state index contributed by atoms with van der Waals surface area (Å²) in [6.07, 6.45) is 3.57. The SMILES string of the molecule is NCCN1CCN(c2ncccn2)CC1. The highest BCUT2D eigenvalue weighted by atomic mass is 15.3. The average Bonchev–Trinajstić information content (AvgIpc) is 2.32. The zero-order chi connectivity index (χ0) is 10.5. The van der Waals surface area contributed by atoms with Gasteiger partial charge in [0.1, 0.15) is 0 Å². The monoisotopic (exact) mass is 207 g/mol. The molecule has 0 spiro atoms. The van der Waals surface area contributed by atoms with Crippen molar-refractivity contribution in [2.24, 2.45) is 5.73 Å². The molecule has 0 saturated carbocycles. The quantitative estimate of drug-likeness (QED) is 0.728. The van der Waals surface area contributed by atoms with E-state index in [1.807, 2.05) is 6.07 Å². The third-order valence-corrected chi connectivity index (χ3v) is 2.65. The lowest BCUT2D eigenvalue weighted by Crippen LogP contribution is -2.48. The first-order chi connectivity index (χ1) is 7.40. The van der Waals surface area contributed by atoms with E-state index in [0.717, 1.165) is 45.2 Å². The van der Waals surface area contributed by atoms with Gasteiger partial charge in [0.2, 0.25) is 5.95 Å². The summed E-state index contributed by atoms with van der Waals surface area (Å²) >= 11 is 0. The van der Waals surface area contributed by atoms with E-state index in [1.165, 1.54) is 0 Å². The summed E-state index contributed by atoms with van der Waals surface area (Å²) in [6.45, 7) is 5.81. The van der Waals surface area contributed by atoms with Gasteiger partial charge in [0.15, 0.2) is 0 Å². The van der Waals surface area contributed by atoms with Crippen molar-refractivity contribution in [1.29, 1.82) is 0 Å². The zero-order valence-electron chi connectivity index (χ0n) is 8.84. The summed E-state index contributed by atoms with van der Waals surface area (Å²) in [5, 5.41) is 0. The van der Waals surface area contributed by atoms with Crippen molar-refractivity contribution in [1.82, 2.24) is 14.9 Å². The fraction of sp³-hybridized carbons (Fsp3) is 0.600. The van der Waals surface area contributed by atoms with Gasteiger partial charge in [-0.25, -0.2) is 9.97 Å². The van der Waals surface area contributed by atoms with Crippen LogP contribution < -0.4 is 10.6 Å². The van der Waals surface area contributed by atoms with Crippen molar-refractivity contribution >= 4 is 5.95 Å². The maximum absolute atomic E-state index is 5.53. The Labute approximate surface area is 89.9 Å². The lowest BCUT2D eigenvalue weighted by atomic mass is 10.3. The van der Waals surface area contributed by atoms with Gasteiger partial charge in [0.05, 0.1) is 0 Å². The molecule has 0 bridgehead atoms. The smallest absolute Gasteiger partial charge is 0.225 e. The standard InChI is InChI=1S/C10H17N5/c11-2-5-14-6-8-15(9-7-14)10-12-3-1-4-13-10/h1,3-4H,2,5-9,11H2. The molecule has 1 aromatic rings. The minimum absolute atomic E-state index is 0.738. The third kappa shape index (κ3) is 2.64. The molecule has 0 atom stereocenters. The Kier molecular flexibility index (Phi) is 3.47. The summed E-state index contributed by atoms with van der Waals surface area (Å²) in [6, 6.07) is 1.84. The molecule has 0 aliphatic carbocycles. The second-order valence-electron chi connectivity index (χ2n) is 3.67. The molecule has 2 rings (SSSR count). The Hall–Kier alpha value is -1.20. The van der Waals surface area contributed by atoms with Crippen LogP contribution >= 0.6 is 0 Å². The first kappa shape index (κ1) is 10.3. The molecule has 1 saturated heterocycles. The molecule has 82 valence electrons. The molecule has 1 aliphatic rings. The molecule has 1 fully saturated rings. The zero-order valence-corrected chi connectivity index (χ0v) is 8.84. The second kappa shape index (κ2) is 5.04. The van der Waals surface area contributed by atoms with Crippen LogP contribution in [0, 0.1) is 0 Å². The maximum Gasteiger partial charge on any atom is 0.225 e. The lowest BCUT2D eigenvalue weighted by molar-refractivity contribution is 0.263. The molecule has 1 aliphatic heterocycles. The van der Waals surface area contributed by atoms with Crippen LogP contribution in [0.15, 0.2) is 18.5 Å². The van der Waals surface area contributed by atoms with Gasteiger partial charge in [-0.05, 0) is 6.07 Å². The van der Waals surface area contributed by atoms with Gasteiger partial charge in [-0.2, -0.15) is 0 Å². The summed E-state index contributed by atoms with van der Waals surface area (Å²) in [7, 11) is 0. The fourth-order valence-electron chi connectivity index (χ4n) is 1.81. The van der Waals surface area contributed by atoms with E-state index in [-0.39, 0.29) is 0 Å². The molecule has 5 nitrogen and oxygen atoms in total. The average molecular weight is 207 g/mol. The number of nitrogens with two attached hydrogens (primary N) is 1. The number of piperazine rings is 1. The molecular weight excluding hydrogens is 190 g/mol. The van der Waals surface area contributed by atoms with Crippen LogP contribution in [0.5, 0.6) is 0 Å². The van der Waals surface area contributed by atoms with Gasteiger partial charge in [-0.3, -0.25) is 4.90 Å². The molecule has 5 heteroatoms. The molecule has 0 radical (unpaired) electrons. The minimum atomic E-state index is 0.738. The number of anilines is 1. The largest absolute Gasteiger partial charge is 0.338 e.